The number of benzene rings is 2. The molecule has 3 aromatic rings. The van der Waals surface area contributed by atoms with Gasteiger partial charge in [0.05, 0.1) is 12.8 Å². The van der Waals surface area contributed by atoms with Crippen LogP contribution in [0.3, 0.4) is 0 Å². The van der Waals surface area contributed by atoms with E-state index in [-0.39, 0.29) is 24.4 Å². The van der Waals surface area contributed by atoms with Crippen LogP contribution < -0.4 is 4.74 Å². The van der Waals surface area contributed by atoms with E-state index in [1.165, 1.54) is 0 Å². The number of rotatable bonds is 7. The fourth-order valence-corrected chi connectivity index (χ4v) is 4.35. The third kappa shape index (κ3) is 4.55. The summed E-state index contributed by atoms with van der Waals surface area (Å²) < 4.78 is 10.1. The average Bonchev–Trinajstić information content (AvgIpc) is 3.27. The van der Waals surface area contributed by atoms with Crippen LogP contribution in [0.5, 0.6) is 11.5 Å². The lowest BCUT2D eigenvalue weighted by Crippen LogP contribution is -2.27. The van der Waals surface area contributed by atoms with Crippen LogP contribution >= 0.6 is 0 Å². The lowest BCUT2D eigenvalue weighted by atomic mass is 9.69. The van der Waals surface area contributed by atoms with Crippen molar-refractivity contribution in [2.75, 3.05) is 13.7 Å². The largest absolute Gasteiger partial charge is 0.504 e. The zero-order valence-electron chi connectivity index (χ0n) is 18.7. The summed E-state index contributed by atoms with van der Waals surface area (Å²) in [7, 11) is 1.55. The molecule has 0 saturated heterocycles. The Morgan fingerprint density at radius 3 is 2.66 bits per heavy atom. The maximum absolute atomic E-state index is 10.4. The molecule has 1 aliphatic rings. The molecule has 170 valence electrons. The molecule has 0 radical (unpaired) electrons. The predicted octanol–water partition coefficient (Wildman–Crippen LogP) is 4.53. The van der Waals surface area contributed by atoms with Crippen LogP contribution in [0.25, 0.3) is 11.0 Å². The highest BCUT2D eigenvalue weighted by molar-refractivity contribution is 6.00. The Bertz CT molecular complexity index is 1120. The van der Waals surface area contributed by atoms with Crippen molar-refractivity contribution in [3.63, 3.8) is 0 Å². The van der Waals surface area contributed by atoms with Crippen LogP contribution in [0.4, 0.5) is 0 Å². The summed E-state index contributed by atoms with van der Waals surface area (Å²) in [4.78, 5) is 5.61. The van der Waals surface area contributed by atoms with Gasteiger partial charge in [0.1, 0.15) is 17.6 Å². The molecule has 8 nitrogen and oxygen atoms in total. The highest BCUT2D eigenvalue weighted by Gasteiger charge is 2.32. The Morgan fingerprint density at radius 2 is 1.94 bits per heavy atom. The molecule has 1 heterocycles. The average molecular weight is 440 g/mol. The minimum Gasteiger partial charge on any atom is -0.504 e. The molecule has 0 unspecified atom stereocenters. The number of hydrogen-bond donors (Lipinski definition) is 2. The molecule has 2 aromatic carbocycles. The fraction of sp³-hybridized carbons (Fsp3) is 0.458. The van der Waals surface area contributed by atoms with Crippen LogP contribution in [-0.4, -0.2) is 40.0 Å². The van der Waals surface area contributed by atoms with Crippen molar-refractivity contribution in [3.8, 4) is 11.5 Å². The fourth-order valence-electron chi connectivity index (χ4n) is 4.35. The van der Waals surface area contributed by atoms with Crippen molar-refractivity contribution in [1.82, 2.24) is 10.3 Å². The van der Waals surface area contributed by atoms with Crippen molar-refractivity contribution in [2.45, 2.75) is 52.1 Å². The molecule has 1 fully saturated rings. The molecule has 1 aliphatic carbocycles. The van der Waals surface area contributed by atoms with E-state index < -0.39 is 0 Å². The number of aromatic nitrogens is 2. The zero-order chi connectivity index (χ0) is 22.7. The van der Waals surface area contributed by atoms with Gasteiger partial charge in [-0.2, -0.15) is 0 Å². The number of ether oxygens (including phenoxy) is 1. The summed E-state index contributed by atoms with van der Waals surface area (Å²) >= 11 is 0. The van der Waals surface area contributed by atoms with Gasteiger partial charge in [0.15, 0.2) is 11.5 Å². The number of aliphatic hydroxyl groups excluding tert-OH is 1. The van der Waals surface area contributed by atoms with E-state index in [1.54, 1.807) is 13.2 Å². The second-order valence-electron chi connectivity index (χ2n) is 8.89. The highest BCUT2D eigenvalue weighted by Crippen LogP contribution is 2.45. The van der Waals surface area contributed by atoms with Crippen LogP contribution in [0.15, 0.2) is 40.1 Å². The quantitative estimate of drug-likeness (QED) is 0.411. The van der Waals surface area contributed by atoms with Crippen molar-refractivity contribution in [2.24, 2.45) is 10.6 Å². The first kappa shape index (κ1) is 22.1. The van der Waals surface area contributed by atoms with Gasteiger partial charge in [0.25, 0.3) is 0 Å². The third-order valence-electron chi connectivity index (χ3n) is 6.51. The predicted molar refractivity (Wildman–Crippen MR) is 120 cm³/mol. The first-order valence-corrected chi connectivity index (χ1v) is 10.8. The van der Waals surface area contributed by atoms with Crippen molar-refractivity contribution in [1.29, 1.82) is 0 Å². The lowest BCUT2D eigenvalue weighted by Gasteiger charge is -2.36. The Morgan fingerprint density at radius 1 is 1.19 bits per heavy atom. The molecular weight excluding hydrogens is 410 g/mol. The Balaban J connectivity index is 1.54. The minimum atomic E-state index is -0.0234. The van der Waals surface area contributed by atoms with Gasteiger partial charge in [-0.25, -0.2) is 4.63 Å². The maximum atomic E-state index is 10.4. The summed E-state index contributed by atoms with van der Waals surface area (Å²) in [5.41, 5.74) is 4.84. The number of phenols is 1. The van der Waals surface area contributed by atoms with E-state index in [4.69, 9.17) is 14.2 Å². The Hall–Kier alpha value is -3.13. The molecule has 32 heavy (non-hydrogen) atoms. The van der Waals surface area contributed by atoms with Gasteiger partial charge in [0.2, 0.25) is 0 Å². The van der Waals surface area contributed by atoms with Gasteiger partial charge >= 0.3 is 0 Å². The molecule has 0 aliphatic heterocycles. The Labute approximate surface area is 186 Å². The maximum Gasteiger partial charge on any atom is 0.160 e. The van der Waals surface area contributed by atoms with E-state index in [9.17, 15) is 10.2 Å². The van der Waals surface area contributed by atoms with Gasteiger partial charge in [-0.15, -0.1) is 0 Å². The Kier molecular flexibility index (Phi) is 6.32. The van der Waals surface area contributed by atoms with Gasteiger partial charge in [-0.3, -0.25) is 0 Å². The van der Waals surface area contributed by atoms with Crippen LogP contribution in [0.2, 0.25) is 0 Å². The summed E-state index contributed by atoms with van der Waals surface area (Å²) in [6, 6.07) is 9.17. The standard InChI is InChI=1S/C24H29N3O5/c1-15(25-31-13-16-4-5-20-21(10-16)27-32-26-20)18-11-22(29)23(30-3)12-19(18)17-6-8-24(2,14-28)9-7-17/h4-5,10-12,17,28-29H,6-9,13-14H2,1-3H3/t17-,24+. The van der Waals surface area contributed by atoms with Crippen LogP contribution in [-0.2, 0) is 11.4 Å². The number of hydrogen-bond acceptors (Lipinski definition) is 8. The van der Waals surface area contributed by atoms with Gasteiger partial charge in [0, 0.05) is 12.2 Å². The number of nitrogens with zero attached hydrogens (tertiary/aromatic N) is 3. The van der Waals surface area contributed by atoms with Gasteiger partial charge < -0.3 is 19.8 Å². The SMILES string of the molecule is COc1cc([C@H]2CC[C@@](C)(CO)CC2)c(C(C)=NOCc2ccc3nonc3c2)cc1O. The molecule has 8 heteroatoms. The van der Waals surface area contributed by atoms with Gasteiger partial charge in [-0.1, -0.05) is 18.1 Å². The van der Waals surface area contributed by atoms with Crippen molar-refractivity contribution in [3.05, 3.63) is 47.0 Å². The van der Waals surface area contributed by atoms with E-state index in [2.05, 4.69) is 22.4 Å². The summed E-state index contributed by atoms with van der Waals surface area (Å²) in [5, 5.41) is 32.1. The summed E-state index contributed by atoms with van der Waals surface area (Å²) in [6.45, 7) is 4.48. The molecule has 4 rings (SSSR count). The van der Waals surface area contributed by atoms with E-state index in [0.29, 0.717) is 28.4 Å². The number of aromatic hydroxyl groups is 1. The van der Waals surface area contributed by atoms with Gasteiger partial charge in [-0.05, 0) is 89.6 Å². The topological polar surface area (TPSA) is 110 Å². The monoisotopic (exact) mass is 439 g/mol. The van der Waals surface area contributed by atoms with Crippen LogP contribution in [0, 0.1) is 5.41 Å². The van der Waals surface area contributed by atoms with Crippen molar-refractivity contribution >= 4 is 16.7 Å². The molecule has 1 saturated carbocycles. The smallest absolute Gasteiger partial charge is 0.160 e. The molecule has 0 bridgehead atoms. The zero-order valence-corrected chi connectivity index (χ0v) is 18.7. The second kappa shape index (κ2) is 9.16. The van der Waals surface area contributed by atoms with Crippen LogP contribution in [0.1, 0.15) is 62.1 Å². The lowest BCUT2D eigenvalue weighted by molar-refractivity contribution is 0.0934. The number of oxime groups is 1. The molecule has 2 N–H and O–H groups in total. The molecule has 0 amide bonds. The summed E-state index contributed by atoms with van der Waals surface area (Å²) in [5.74, 6) is 0.814. The number of fused-ring (bicyclic) bond motifs is 1. The third-order valence-corrected chi connectivity index (χ3v) is 6.51. The highest BCUT2D eigenvalue weighted by atomic mass is 16.6. The summed E-state index contributed by atoms with van der Waals surface area (Å²) in [6.07, 6.45) is 3.81. The number of phenolic OH excluding ortho intramolecular Hbond substituents is 1. The first-order valence-electron chi connectivity index (χ1n) is 10.8. The van der Waals surface area contributed by atoms with Crippen molar-refractivity contribution < 1.29 is 24.4 Å². The number of methoxy groups -OCH3 is 1. The molecule has 0 spiro atoms. The molecule has 1 aromatic heterocycles. The molecular formula is C24H29N3O5. The normalized spacial score (nSPS) is 21.6. The second-order valence-corrected chi connectivity index (χ2v) is 8.89. The van der Waals surface area contributed by atoms with E-state index >= 15 is 0 Å². The number of aliphatic hydroxyl groups is 1. The van der Waals surface area contributed by atoms with E-state index in [0.717, 1.165) is 42.4 Å². The minimum absolute atomic E-state index is 0.0234. The first-order chi connectivity index (χ1) is 15.4. The van der Waals surface area contributed by atoms with E-state index in [1.807, 2.05) is 31.2 Å². The molecule has 0 atom stereocenters.